The lowest BCUT2D eigenvalue weighted by Crippen LogP contribution is -2.22. The maximum Gasteiger partial charge on any atom is 0.231 e. The molecule has 1 fully saturated rings. The number of nitrogen functional groups attached to an aromatic ring is 1. The second kappa shape index (κ2) is 6.00. The van der Waals surface area contributed by atoms with Gasteiger partial charge in [0.05, 0.1) is 5.01 Å². The number of rotatable bonds is 5. The first-order valence-electron chi connectivity index (χ1n) is 6.70. The molecule has 0 atom stereocenters. The smallest absolute Gasteiger partial charge is 0.231 e. The van der Waals surface area contributed by atoms with Crippen LogP contribution in [0.15, 0.2) is 11.6 Å². The summed E-state index contributed by atoms with van der Waals surface area (Å²) in [5.74, 6) is 1.47. The lowest BCUT2D eigenvalue weighted by Gasteiger charge is -2.15. The van der Waals surface area contributed by atoms with Gasteiger partial charge in [-0.1, -0.05) is 0 Å². The van der Waals surface area contributed by atoms with Gasteiger partial charge >= 0.3 is 0 Å². The van der Waals surface area contributed by atoms with Gasteiger partial charge in [0, 0.05) is 37.6 Å². The van der Waals surface area contributed by atoms with Crippen molar-refractivity contribution in [1.82, 2.24) is 19.9 Å². The number of nitrogens with zero attached hydrogens (tertiary/aromatic N) is 5. The molecule has 8 heteroatoms. The molecule has 0 saturated carbocycles. The van der Waals surface area contributed by atoms with Crippen LogP contribution >= 0.6 is 11.3 Å². The molecule has 20 heavy (non-hydrogen) atoms. The summed E-state index contributed by atoms with van der Waals surface area (Å²) >= 11 is 1.65. The summed E-state index contributed by atoms with van der Waals surface area (Å²) in [4.78, 5) is 19.1. The second-order valence-electron chi connectivity index (χ2n) is 4.61. The van der Waals surface area contributed by atoms with Crippen molar-refractivity contribution < 1.29 is 0 Å². The summed E-state index contributed by atoms with van der Waals surface area (Å²) in [5, 5.41) is 6.26. The Morgan fingerprint density at radius 2 is 2.10 bits per heavy atom. The summed E-state index contributed by atoms with van der Waals surface area (Å²) in [5.41, 5.74) is 5.75. The minimum Gasteiger partial charge on any atom is -0.368 e. The molecule has 3 heterocycles. The van der Waals surface area contributed by atoms with E-state index in [9.17, 15) is 0 Å². The van der Waals surface area contributed by atoms with Gasteiger partial charge in [0.1, 0.15) is 0 Å². The fourth-order valence-electron chi connectivity index (χ4n) is 2.18. The highest BCUT2D eigenvalue weighted by Gasteiger charge is 2.16. The molecule has 2 aromatic rings. The third-order valence-electron chi connectivity index (χ3n) is 3.14. The lowest BCUT2D eigenvalue weighted by molar-refractivity contribution is 0.877. The number of anilines is 3. The molecule has 0 radical (unpaired) electrons. The van der Waals surface area contributed by atoms with Gasteiger partial charge in [-0.3, -0.25) is 0 Å². The number of hydrogen-bond acceptors (Lipinski definition) is 8. The lowest BCUT2D eigenvalue weighted by atomic mass is 10.4. The third-order valence-corrected chi connectivity index (χ3v) is 3.97. The molecule has 0 bridgehead atoms. The minimum atomic E-state index is 0.263. The maximum atomic E-state index is 5.75. The van der Waals surface area contributed by atoms with Crippen LogP contribution in [0.25, 0.3) is 0 Å². The zero-order chi connectivity index (χ0) is 13.8. The molecule has 1 aliphatic heterocycles. The fraction of sp³-hybridized carbons (Fsp3) is 0.500. The molecular formula is C12H17N7S. The molecule has 0 aliphatic carbocycles. The number of nitrogens with two attached hydrogens (primary N) is 1. The number of thiazole rings is 1. The van der Waals surface area contributed by atoms with Crippen molar-refractivity contribution in [2.45, 2.75) is 19.3 Å². The van der Waals surface area contributed by atoms with E-state index >= 15 is 0 Å². The molecular weight excluding hydrogens is 274 g/mol. The van der Waals surface area contributed by atoms with E-state index < -0.39 is 0 Å². The van der Waals surface area contributed by atoms with Crippen molar-refractivity contribution in [2.75, 3.05) is 35.6 Å². The average molecular weight is 291 g/mol. The first-order valence-corrected chi connectivity index (χ1v) is 7.58. The summed E-state index contributed by atoms with van der Waals surface area (Å²) in [7, 11) is 0. The van der Waals surface area contributed by atoms with Gasteiger partial charge < -0.3 is 16.0 Å². The van der Waals surface area contributed by atoms with Gasteiger partial charge in [0.25, 0.3) is 0 Å². The van der Waals surface area contributed by atoms with Gasteiger partial charge in [-0.25, -0.2) is 4.98 Å². The molecule has 0 unspecified atom stereocenters. The topological polar surface area (TPSA) is 92.8 Å². The molecule has 0 aromatic carbocycles. The van der Waals surface area contributed by atoms with Crippen LogP contribution in [-0.2, 0) is 6.42 Å². The molecule has 0 spiro atoms. The van der Waals surface area contributed by atoms with Crippen LogP contribution in [0.2, 0.25) is 0 Å². The van der Waals surface area contributed by atoms with Crippen LogP contribution in [0.5, 0.6) is 0 Å². The Balaban J connectivity index is 1.63. The first kappa shape index (κ1) is 13.0. The number of nitrogens with one attached hydrogen (secondary N) is 1. The van der Waals surface area contributed by atoms with Gasteiger partial charge in [0.2, 0.25) is 17.8 Å². The van der Waals surface area contributed by atoms with Gasteiger partial charge in [-0.15, -0.1) is 11.3 Å². The summed E-state index contributed by atoms with van der Waals surface area (Å²) in [6.45, 7) is 2.71. The average Bonchev–Trinajstić information content (AvgIpc) is 3.11. The highest BCUT2D eigenvalue weighted by Crippen LogP contribution is 2.17. The number of hydrogen-bond donors (Lipinski definition) is 2. The van der Waals surface area contributed by atoms with Crippen LogP contribution < -0.4 is 16.0 Å². The van der Waals surface area contributed by atoms with Crippen molar-refractivity contribution in [3.63, 3.8) is 0 Å². The van der Waals surface area contributed by atoms with E-state index in [-0.39, 0.29) is 5.95 Å². The van der Waals surface area contributed by atoms with Crippen LogP contribution in [0.4, 0.5) is 17.8 Å². The fourth-order valence-corrected chi connectivity index (χ4v) is 2.80. The molecule has 7 nitrogen and oxygen atoms in total. The minimum absolute atomic E-state index is 0.263. The van der Waals surface area contributed by atoms with E-state index in [4.69, 9.17) is 5.73 Å². The molecule has 2 aromatic heterocycles. The highest BCUT2D eigenvalue weighted by molar-refractivity contribution is 7.09. The Bertz CT molecular complexity index is 551. The maximum absolute atomic E-state index is 5.75. The Hall–Kier alpha value is -1.96. The molecule has 0 amide bonds. The number of aromatic nitrogens is 4. The molecule has 1 aliphatic rings. The van der Waals surface area contributed by atoms with Gasteiger partial charge in [0.15, 0.2) is 0 Å². The van der Waals surface area contributed by atoms with Crippen molar-refractivity contribution >= 4 is 29.2 Å². The van der Waals surface area contributed by atoms with E-state index in [0.29, 0.717) is 11.9 Å². The monoisotopic (exact) mass is 291 g/mol. The summed E-state index contributed by atoms with van der Waals surface area (Å²) < 4.78 is 0. The molecule has 3 N–H and O–H groups in total. The second-order valence-corrected chi connectivity index (χ2v) is 5.59. The molecule has 106 valence electrons. The zero-order valence-corrected chi connectivity index (χ0v) is 11.9. The zero-order valence-electron chi connectivity index (χ0n) is 11.1. The van der Waals surface area contributed by atoms with Gasteiger partial charge in [-0.2, -0.15) is 15.0 Å². The van der Waals surface area contributed by atoms with Gasteiger partial charge in [-0.05, 0) is 12.8 Å². The Kier molecular flexibility index (Phi) is 3.91. The van der Waals surface area contributed by atoms with E-state index in [1.54, 1.807) is 11.3 Å². The Morgan fingerprint density at radius 3 is 2.85 bits per heavy atom. The molecule has 1 saturated heterocycles. The van der Waals surface area contributed by atoms with E-state index in [1.807, 2.05) is 11.6 Å². The third kappa shape index (κ3) is 3.13. The standard InChI is InChI=1S/C12H17N7S/c13-10-16-11(15-4-3-9-14-5-8-20-9)18-12(17-10)19-6-1-2-7-19/h5,8H,1-4,6-7H2,(H3,13,15,16,17,18). The Morgan fingerprint density at radius 1 is 1.25 bits per heavy atom. The largest absolute Gasteiger partial charge is 0.368 e. The van der Waals surface area contributed by atoms with Crippen LogP contribution in [-0.4, -0.2) is 39.6 Å². The SMILES string of the molecule is Nc1nc(NCCc2nccs2)nc(N2CCCC2)n1. The normalized spacial score (nSPS) is 14.7. The summed E-state index contributed by atoms with van der Waals surface area (Å²) in [6.07, 6.45) is 5.02. The van der Waals surface area contributed by atoms with Crippen molar-refractivity contribution in [2.24, 2.45) is 0 Å². The first-order chi connectivity index (χ1) is 9.81. The molecule has 3 rings (SSSR count). The van der Waals surface area contributed by atoms with Crippen LogP contribution in [0.3, 0.4) is 0 Å². The van der Waals surface area contributed by atoms with Crippen molar-refractivity contribution in [1.29, 1.82) is 0 Å². The van der Waals surface area contributed by atoms with Crippen LogP contribution in [0, 0.1) is 0 Å². The van der Waals surface area contributed by atoms with Crippen LogP contribution in [0.1, 0.15) is 17.8 Å². The van der Waals surface area contributed by atoms with E-state index in [2.05, 4.69) is 30.2 Å². The van der Waals surface area contributed by atoms with E-state index in [0.717, 1.165) is 31.1 Å². The van der Waals surface area contributed by atoms with E-state index in [1.165, 1.54) is 12.8 Å². The van der Waals surface area contributed by atoms with Crippen molar-refractivity contribution in [3.05, 3.63) is 16.6 Å². The highest BCUT2D eigenvalue weighted by atomic mass is 32.1. The summed E-state index contributed by atoms with van der Waals surface area (Å²) in [6, 6.07) is 0. The van der Waals surface area contributed by atoms with Crippen molar-refractivity contribution in [3.8, 4) is 0 Å². The predicted molar refractivity (Wildman–Crippen MR) is 80.0 cm³/mol. The quantitative estimate of drug-likeness (QED) is 0.854. The Labute approximate surface area is 121 Å². The predicted octanol–water partition coefficient (Wildman–Crippen LogP) is 1.17.